The summed E-state index contributed by atoms with van der Waals surface area (Å²) in [7, 11) is 0. The summed E-state index contributed by atoms with van der Waals surface area (Å²) in [5.41, 5.74) is 0. The predicted octanol–water partition coefficient (Wildman–Crippen LogP) is -5.65. The van der Waals surface area contributed by atoms with Gasteiger partial charge in [-0.05, 0) is 31.6 Å². The number of fused-ring (bicyclic) bond motifs is 1. The Labute approximate surface area is 270 Å². The highest BCUT2D eigenvalue weighted by Gasteiger charge is 2.54. The van der Waals surface area contributed by atoms with E-state index in [0.29, 0.717) is 0 Å². The molecule has 2 saturated carbocycles. The molecule has 0 aromatic carbocycles. The van der Waals surface area contributed by atoms with Crippen LogP contribution >= 0.6 is 0 Å². The van der Waals surface area contributed by atoms with Crippen molar-refractivity contribution in [3.05, 3.63) is 0 Å². The fraction of sp³-hybridized carbons (Fsp3) is 0.966. The molecule has 18 heteroatoms. The molecule has 0 spiro atoms. The van der Waals surface area contributed by atoms with Gasteiger partial charge in [-0.25, -0.2) is 0 Å². The van der Waals surface area contributed by atoms with Crippen LogP contribution < -0.4 is 0 Å². The minimum absolute atomic E-state index is 0.00332. The number of aliphatic hydroxyl groups excluding tert-OH is 11. The van der Waals surface area contributed by atoms with Gasteiger partial charge >= 0.3 is 5.97 Å². The first kappa shape index (κ1) is 37.1. The molecule has 2 aliphatic carbocycles. The molecular formula is C29H48O18. The van der Waals surface area contributed by atoms with E-state index in [9.17, 15) is 61.0 Å². The zero-order chi connectivity index (χ0) is 34.3. The lowest BCUT2D eigenvalue weighted by atomic mass is 9.72. The van der Waals surface area contributed by atoms with Crippen LogP contribution in [0.4, 0.5) is 0 Å². The first-order valence-electron chi connectivity index (χ1n) is 16.0. The summed E-state index contributed by atoms with van der Waals surface area (Å²) >= 11 is 0. The van der Waals surface area contributed by atoms with Crippen molar-refractivity contribution in [3.63, 3.8) is 0 Å². The van der Waals surface area contributed by atoms with Crippen LogP contribution in [0.1, 0.15) is 39.0 Å². The molecule has 0 amide bonds. The second kappa shape index (κ2) is 15.4. The Bertz CT molecular complexity index is 1020. The van der Waals surface area contributed by atoms with Crippen molar-refractivity contribution < 1.29 is 89.4 Å². The average molecular weight is 685 g/mol. The molecule has 3 heterocycles. The maximum Gasteiger partial charge on any atom is 0.302 e. The fourth-order valence-electron chi connectivity index (χ4n) is 7.49. The van der Waals surface area contributed by atoms with Gasteiger partial charge in [-0.1, -0.05) is 0 Å². The molecule has 18 nitrogen and oxygen atoms in total. The molecule has 5 aliphatic rings. The van der Waals surface area contributed by atoms with Gasteiger partial charge in [0.1, 0.15) is 61.5 Å². The summed E-state index contributed by atoms with van der Waals surface area (Å²) in [4.78, 5) is 11.3. The summed E-state index contributed by atoms with van der Waals surface area (Å²) in [6.07, 6.45) is -24.0. The number of hydrogen-bond acceptors (Lipinski definition) is 18. The third kappa shape index (κ3) is 7.93. The van der Waals surface area contributed by atoms with Crippen LogP contribution in [0.5, 0.6) is 0 Å². The van der Waals surface area contributed by atoms with E-state index in [0.717, 1.165) is 6.92 Å². The van der Waals surface area contributed by atoms with Crippen LogP contribution in [-0.2, 0) is 33.2 Å². The standard InChI is InChI=1S/C29H48O18/c1-9(31)42-8-19-22(37)24(39)26(41)28(47-19)44-16-5-11(32)4-15-12(16)6-17(27(43-15)10-2-13(33)20(35)14(34)3-10)45-29-25(40)23(38)21(36)18(7-30)46-29/h10-30,32-41H,2-8H2,1H3. The third-order valence-electron chi connectivity index (χ3n) is 10.1. The van der Waals surface area contributed by atoms with Crippen LogP contribution in [0.3, 0.4) is 0 Å². The second-order valence-corrected chi connectivity index (χ2v) is 13.4. The average Bonchev–Trinajstić information content (AvgIpc) is 3.03. The van der Waals surface area contributed by atoms with E-state index >= 15 is 0 Å². The fourth-order valence-corrected chi connectivity index (χ4v) is 7.49. The highest BCUT2D eigenvalue weighted by Crippen LogP contribution is 2.45. The Morgan fingerprint density at radius 3 is 1.77 bits per heavy atom. The van der Waals surface area contributed by atoms with Gasteiger partial charge in [0.2, 0.25) is 0 Å². The molecule has 47 heavy (non-hydrogen) atoms. The smallest absolute Gasteiger partial charge is 0.302 e. The number of rotatable bonds is 8. The van der Waals surface area contributed by atoms with Crippen molar-refractivity contribution in [1.29, 1.82) is 0 Å². The molecule has 0 aromatic rings. The van der Waals surface area contributed by atoms with Gasteiger partial charge in [0, 0.05) is 19.3 Å². The number of esters is 1. The lowest BCUT2D eigenvalue weighted by molar-refractivity contribution is -0.345. The van der Waals surface area contributed by atoms with E-state index in [1.165, 1.54) is 0 Å². The molecule has 272 valence electrons. The van der Waals surface area contributed by atoms with Crippen molar-refractivity contribution in [2.45, 2.75) is 149 Å². The molecule has 3 aliphatic heterocycles. The van der Waals surface area contributed by atoms with E-state index in [1.54, 1.807) is 0 Å². The Balaban J connectivity index is 1.38. The van der Waals surface area contributed by atoms with Gasteiger partial charge in [-0.15, -0.1) is 0 Å². The lowest BCUT2D eigenvalue weighted by Gasteiger charge is -2.52. The van der Waals surface area contributed by atoms with Crippen molar-refractivity contribution >= 4 is 5.97 Å². The Kier molecular flexibility index (Phi) is 12.1. The first-order chi connectivity index (χ1) is 22.2. The minimum Gasteiger partial charge on any atom is -0.463 e. The van der Waals surface area contributed by atoms with Gasteiger partial charge in [-0.3, -0.25) is 4.79 Å². The van der Waals surface area contributed by atoms with Crippen molar-refractivity contribution in [1.82, 2.24) is 0 Å². The molecule has 0 aromatic heterocycles. The SMILES string of the molecule is CC(=O)OCC1OC(OC2CC(O)CC3OC(C4CC(O)C(O)C(O)C4)C(OC4OC(CO)C(O)C(O)C4O)CC23)C(O)C(O)C1O. The van der Waals surface area contributed by atoms with Crippen LogP contribution in [0.25, 0.3) is 0 Å². The molecule has 18 unspecified atom stereocenters. The highest BCUT2D eigenvalue weighted by molar-refractivity contribution is 5.65. The van der Waals surface area contributed by atoms with Gasteiger partial charge in [0.15, 0.2) is 12.6 Å². The number of ether oxygens (including phenoxy) is 6. The Morgan fingerprint density at radius 2 is 1.19 bits per heavy atom. The summed E-state index contributed by atoms with van der Waals surface area (Å²) in [6, 6.07) is 0. The lowest BCUT2D eigenvalue weighted by Crippen LogP contribution is -2.63. The molecule has 0 radical (unpaired) electrons. The Morgan fingerprint density at radius 1 is 0.638 bits per heavy atom. The van der Waals surface area contributed by atoms with E-state index in [4.69, 9.17) is 28.4 Å². The molecule has 0 bridgehead atoms. The summed E-state index contributed by atoms with van der Waals surface area (Å²) in [5, 5.41) is 114. The molecule has 18 atom stereocenters. The zero-order valence-corrected chi connectivity index (χ0v) is 25.8. The monoisotopic (exact) mass is 684 g/mol. The van der Waals surface area contributed by atoms with Crippen molar-refractivity contribution in [2.24, 2.45) is 11.8 Å². The first-order valence-corrected chi connectivity index (χ1v) is 16.0. The van der Waals surface area contributed by atoms with E-state index in [-0.39, 0.29) is 32.1 Å². The summed E-state index contributed by atoms with van der Waals surface area (Å²) in [6.45, 7) is 0.0104. The predicted molar refractivity (Wildman–Crippen MR) is 150 cm³/mol. The number of carbonyl (C=O) groups is 1. The minimum atomic E-state index is -1.75. The highest BCUT2D eigenvalue weighted by atomic mass is 16.7. The van der Waals surface area contributed by atoms with E-state index in [1.807, 2.05) is 0 Å². The van der Waals surface area contributed by atoms with E-state index in [2.05, 4.69) is 0 Å². The van der Waals surface area contributed by atoms with Gasteiger partial charge < -0.3 is 84.6 Å². The summed E-state index contributed by atoms with van der Waals surface area (Å²) in [5.74, 6) is -1.86. The number of carbonyl (C=O) groups excluding carboxylic acids is 1. The van der Waals surface area contributed by atoms with E-state index < -0.39 is 141 Å². The van der Waals surface area contributed by atoms with Crippen LogP contribution in [0, 0.1) is 11.8 Å². The topological polar surface area (TPSA) is 295 Å². The molecule has 3 saturated heterocycles. The van der Waals surface area contributed by atoms with Gasteiger partial charge in [-0.2, -0.15) is 0 Å². The van der Waals surface area contributed by atoms with Crippen molar-refractivity contribution in [3.8, 4) is 0 Å². The number of aliphatic hydroxyl groups is 11. The summed E-state index contributed by atoms with van der Waals surface area (Å²) < 4.78 is 34.9. The molecule has 11 N–H and O–H groups in total. The van der Waals surface area contributed by atoms with Gasteiger partial charge in [0.25, 0.3) is 0 Å². The third-order valence-corrected chi connectivity index (χ3v) is 10.1. The van der Waals surface area contributed by atoms with Crippen molar-refractivity contribution in [2.75, 3.05) is 13.2 Å². The van der Waals surface area contributed by atoms with Crippen LogP contribution in [0.2, 0.25) is 0 Å². The second-order valence-electron chi connectivity index (χ2n) is 13.4. The normalized spacial score (nSPS) is 52.4. The molecule has 5 fully saturated rings. The van der Waals surface area contributed by atoms with Gasteiger partial charge in [0.05, 0.1) is 49.3 Å². The largest absolute Gasteiger partial charge is 0.463 e. The number of hydrogen-bond donors (Lipinski definition) is 11. The molecular weight excluding hydrogens is 636 g/mol. The maximum absolute atomic E-state index is 11.3. The zero-order valence-electron chi connectivity index (χ0n) is 25.8. The quantitative estimate of drug-likeness (QED) is 0.106. The Hall–Kier alpha value is -1.17. The van der Waals surface area contributed by atoms with Crippen LogP contribution in [0.15, 0.2) is 0 Å². The van der Waals surface area contributed by atoms with Crippen LogP contribution in [-0.4, -0.2) is 186 Å². The molecule has 5 rings (SSSR count). The maximum atomic E-state index is 11.3.